The number of likely N-dealkylation sites (tertiary alicyclic amines) is 1. The van der Waals surface area contributed by atoms with Gasteiger partial charge in [-0.15, -0.1) is 0 Å². The van der Waals surface area contributed by atoms with E-state index >= 15 is 0 Å². The van der Waals surface area contributed by atoms with Crippen molar-refractivity contribution >= 4 is 24.4 Å². The molecule has 10 heteroatoms. The molecule has 1 saturated heterocycles. The lowest BCUT2D eigenvalue weighted by molar-refractivity contribution is -0.150. The number of carbonyl (C=O) groups excluding carboxylic acids is 4. The predicted molar refractivity (Wildman–Crippen MR) is 146 cm³/mol. The van der Waals surface area contributed by atoms with Gasteiger partial charge in [0.1, 0.15) is 18.2 Å². The Morgan fingerprint density at radius 2 is 1.68 bits per heavy atom. The summed E-state index contributed by atoms with van der Waals surface area (Å²) in [6.45, 7) is 13.7. The second kappa shape index (κ2) is 18.2. The Bertz CT molecular complexity index is 865. The number of nitrogens with zero attached hydrogens (tertiary/aromatic N) is 2. The third-order valence-electron chi connectivity index (χ3n) is 5.14. The number of esters is 1. The molecule has 0 aromatic heterocycles. The molecule has 10 nitrogen and oxygen atoms in total. The van der Waals surface area contributed by atoms with Gasteiger partial charge in [-0.2, -0.15) is 0 Å². The molecule has 0 spiro atoms. The maximum absolute atomic E-state index is 12.0. The van der Waals surface area contributed by atoms with Crippen LogP contribution in [0.3, 0.4) is 0 Å². The van der Waals surface area contributed by atoms with Crippen molar-refractivity contribution in [3.8, 4) is 0 Å². The molecule has 3 rings (SSSR count). The van der Waals surface area contributed by atoms with Gasteiger partial charge in [-0.05, 0) is 57.1 Å². The first-order chi connectivity index (χ1) is 17.9. The summed E-state index contributed by atoms with van der Waals surface area (Å²) in [5, 5.41) is 9.39. The van der Waals surface area contributed by atoms with Crippen LogP contribution in [0.1, 0.15) is 65.5 Å². The summed E-state index contributed by atoms with van der Waals surface area (Å²) in [6.07, 6.45) is 2.60. The third kappa shape index (κ3) is 14.0. The van der Waals surface area contributed by atoms with Gasteiger partial charge in [-0.1, -0.05) is 45.0 Å². The highest BCUT2D eigenvalue weighted by atomic mass is 16.6. The van der Waals surface area contributed by atoms with Crippen LogP contribution >= 0.6 is 0 Å². The molecule has 1 unspecified atom stereocenters. The fraction of sp³-hybridized carbons (Fsp3) is 0.643. The van der Waals surface area contributed by atoms with E-state index in [9.17, 15) is 19.2 Å². The number of hydrogen-bond donors (Lipinski definition) is 2. The Morgan fingerprint density at radius 1 is 1.11 bits per heavy atom. The number of aliphatic hydroxyl groups excluding tert-OH is 1. The standard InChI is InChI=1S/C13H22N2O5.C10H11NO.C4H10.CH4O/c1-13(2,3)20-12(18)14-8-10(16)15-7-5-6-9(15)11(17)19-4;12-8-11-6-5-9-3-1-2-4-10(9)7-11;1-4(2)3;1-2/h9H,5-8H2,1-4H3,(H,14,18);1-4,8H,5-7H2;4H,1-3H3;2H,1H3. The third-order valence-corrected chi connectivity index (χ3v) is 5.14. The van der Waals surface area contributed by atoms with Crippen molar-refractivity contribution < 1.29 is 33.8 Å². The fourth-order valence-corrected chi connectivity index (χ4v) is 3.62. The van der Waals surface area contributed by atoms with Crippen molar-refractivity contribution in [1.29, 1.82) is 0 Å². The van der Waals surface area contributed by atoms with Crippen molar-refractivity contribution in [2.24, 2.45) is 5.92 Å². The number of aliphatic hydroxyl groups is 1. The molecule has 216 valence electrons. The Labute approximate surface area is 227 Å². The summed E-state index contributed by atoms with van der Waals surface area (Å²) >= 11 is 0. The second-order valence-electron chi connectivity index (χ2n) is 10.5. The minimum atomic E-state index is -0.653. The topological polar surface area (TPSA) is 125 Å². The highest BCUT2D eigenvalue weighted by molar-refractivity contribution is 5.87. The number of nitrogens with one attached hydrogen (secondary N) is 1. The predicted octanol–water partition coefficient (Wildman–Crippen LogP) is 3.15. The zero-order chi connectivity index (χ0) is 29.3. The van der Waals surface area contributed by atoms with E-state index in [-0.39, 0.29) is 12.5 Å². The van der Waals surface area contributed by atoms with Gasteiger partial charge < -0.3 is 29.7 Å². The van der Waals surface area contributed by atoms with E-state index in [0.717, 1.165) is 45.4 Å². The van der Waals surface area contributed by atoms with Gasteiger partial charge in [0.25, 0.3) is 0 Å². The smallest absolute Gasteiger partial charge is 0.408 e. The summed E-state index contributed by atoms with van der Waals surface area (Å²) in [5.74, 6) is 0.0943. The van der Waals surface area contributed by atoms with Crippen molar-refractivity contribution in [1.82, 2.24) is 15.1 Å². The normalized spacial score (nSPS) is 15.8. The second-order valence-corrected chi connectivity index (χ2v) is 10.5. The average Bonchev–Trinajstić information content (AvgIpc) is 3.37. The zero-order valence-electron chi connectivity index (χ0n) is 24.3. The van der Waals surface area contributed by atoms with Crippen LogP contribution < -0.4 is 5.32 Å². The first-order valence-corrected chi connectivity index (χ1v) is 12.9. The van der Waals surface area contributed by atoms with Crippen molar-refractivity contribution in [3.05, 3.63) is 35.4 Å². The van der Waals surface area contributed by atoms with E-state index in [0.29, 0.717) is 13.0 Å². The number of benzene rings is 1. The van der Waals surface area contributed by atoms with Crippen molar-refractivity contribution in [2.75, 3.05) is 33.9 Å². The molecule has 38 heavy (non-hydrogen) atoms. The fourth-order valence-electron chi connectivity index (χ4n) is 3.62. The molecule has 1 fully saturated rings. The molecular formula is C28H47N3O7. The maximum atomic E-state index is 12.0. The van der Waals surface area contributed by atoms with Crippen molar-refractivity contribution in [3.63, 3.8) is 0 Å². The van der Waals surface area contributed by atoms with Gasteiger partial charge in [0, 0.05) is 26.7 Å². The minimum Gasteiger partial charge on any atom is -0.467 e. The number of amides is 3. The van der Waals surface area contributed by atoms with Crippen LogP contribution in [0.4, 0.5) is 4.79 Å². The Balaban J connectivity index is 0.000000639. The van der Waals surface area contributed by atoms with Gasteiger partial charge in [0.05, 0.1) is 7.11 Å². The van der Waals surface area contributed by atoms with Gasteiger partial charge in [-0.3, -0.25) is 9.59 Å². The minimum absolute atomic E-state index is 0.192. The van der Waals surface area contributed by atoms with Crippen LogP contribution in [-0.2, 0) is 36.8 Å². The summed E-state index contributed by atoms with van der Waals surface area (Å²) in [6, 6.07) is 7.75. The number of ether oxygens (including phenoxy) is 2. The number of methoxy groups -OCH3 is 1. The van der Waals surface area contributed by atoms with Crippen LogP contribution in [0.2, 0.25) is 0 Å². The molecule has 1 atom stereocenters. The number of hydrogen-bond acceptors (Lipinski definition) is 7. The van der Waals surface area contributed by atoms with E-state index in [1.807, 2.05) is 11.0 Å². The summed E-state index contributed by atoms with van der Waals surface area (Å²) in [4.78, 5) is 48.7. The summed E-state index contributed by atoms with van der Waals surface area (Å²) in [7, 11) is 2.29. The molecule has 0 aliphatic carbocycles. The molecule has 3 amide bonds. The average molecular weight is 538 g/mol. The number of rotatable bonds is 4. The van der Waals surface area contributed by atoms with Gasteiger partial charge in [-0.25, -0.2) is 9.59 Å². The van der Waals surface area contributed by atoms with Crippen LogP contribution in [0.15, 0.2) is 24.3 Å². The highest BCUT2D eigenvalue weighted by Crippen LogP contribution is 2.18. The van der Waals surface area contributed by atoms with Crippen molar-refractivity contribution in [2.45, 2.75) is 79.0 Å². The first kappa shape index (κ1) is 34.9. The maximum Gasteiger partial charge on any atom is 0.408 e. The molecule has 0 radical (unpaired) electrons. The monoisotopic (exact) mass is 537 g/mol. The lowest BCUT2D eigenvalue weighted by atomic mass is 10.0. The Morgan fingerprint density at radius 3 is 2.21 bits per heavy atom. The highest BCUT2D eigenvalue weighted by Gasteiger charge is 2.34. The van der Waals surface area contributed by atoms with Gasteiger partial charge in [0.15, 0.2) is 0 Å². The Hall–Kier alpha value is -3.14. The Kier molecular flexibility index (Phi) is 16.7. The van der Waals surface area contributed by atoms with Crippen LogP contribution in [0.25, 0.3) is 0 Å². The lowest BCUT2D eigenvalue weighted by Gasteiger charge is -2.24. The summed E-state index contributed by atoms with van der Waals surface area (Å²) in [5.41, 5.74) is 2.06. The van der Waals surface area contributed by atoms with Crippen LogP contribution in [0.5, 0.6) is 0 Å². The van der Waals surface area contributed by atoms with Gasteiger partial charge >= 0.3 is 12.1 Å². The molecule has 2 aliphatic rings. The molecule has 2 heterocycles. The number of alkyl carbamates (subject to hydrolysis) is 1. The number of fused-ring (bicyclic) bond motifs is 1. The zero-order valence-corrected chi connectivity index (χ0v) is 24.3. The molecule has 0 saturated carbocycles. The van der Waals surface area contributed by atoms with E-state index in [2.05, 4.69) is 49.0 Å². The van der Waals surface area contributed by atoms with Crippen LogP contribution in [0, 0.1) is 5.92 Å². The lowest BCUT2D eigenvalue weighted by Crippen LogP contribution is -2.46. The summed E-state index contributed by atoms with van der Waals surface area (Å²) < 4.78 is 9.69. The molecule has 1 aromatic carbocycles. The number of carbonyl (C=O) groups is 4. The van der Waals surface area contributed by atoms with E-state index < -0.39 is 23.7 Å². The molecule has 2 aliphatic heterocycles. The quantitative estimate of drug-likeness (QED) is 0.446. The van der Waals surface area contributed by atoms with E-state index in [4.69, 9.17) is 9.84 Å². The largest absolute Gasteiger partial charge is 0.467 e. The molecule has 2 N–H and O–H groups in total. The molecule has 1 aromatic rings. The SMILES string of the molecule is CC(C)C.CO.COC(=O)C1CCCN1C(=O)CNC(=O)OC(C)(C)C.O=CN1CCc2ccccc2C1. The van der Waals surface area contributed by atoms with Gasteiger partial charge in [0.2, 0.25) is 12.3 Å². The van der Waals surface area contributed by atoms with E-state index in [1.165, 1.54) is 23.1 Å². The van der Waals surface area contributed by atoms with E-state index in [1.54, 1.807) is 20.8 Å². The van der Waals surface area contributed by atoms with Crippen LogP contribution in [-0.4, -0.2) is 84.8 Å². The first-order valence-electron chi connectivity index (χ1n) is 12.9. The molecule has 0 bridgehead atoms. The molecular weight excluding hydrogens is 490 g/mol.